The van der Waals surface area contributed by atoms with Crippen LogP contribution in [0, 0.1) is 23.4 Å². The molecule has 0 amide bonds. The molecule has 0 saturated carbocycles. The van der Waals surface area contributed by atoms with Crippen molar-refractivity contribution in [2.45, 2.75) is 45.7 Å². The number of rotatable bonds is 3. The number of anilines is 1. The molecule has 2 unspecified atom stereocenters. The average molecular weight is 300 g/mol. The summed E-state index contributed by atoms with van der Waals surface area (Å²) in [6.45, 7) is 9.69. The number of halogens is 3. The van der Waals surface area contributed by atoms with Gasteiger partial charge in [0, 0.05) is 42.5 Å². The van der Waals surface area contributed by atoms with Gasteiger partial charge in [-0.3, -0.25) is 0 Å². The summed E-state index contributed by atoms with van der Waals surface area (Å²) in [6.07, 6.45) is 0.903. The third-order valence-electron chi connectivity index (χ3n) is 4.51. The predicted molar refractivity (Wildman–Crippen MR) is 79.0 cm³/mol. The topological polar surface area (TPSA) is 15.3 Å². The van der Waals surface area contributed by atoms with Crippen LogP contribution in [0.3, 0.4) is 0 Å². The minimum Gasteiger partial charge on any atom is -0.365 e. The molecule has 1 aromatic carbocycles. The van der Waals surface area contributed by atoms with E-state index < -0.39 is 17.5 Å². The number of nitrogens with zero attached hydrogens (tertiary/aromatic N) is 1. The summed E-state index contributed by atoms with van der Waals surface area (Å²) in [5, 5.41) is 3.51. The summed E-state index contributed by atoms with van der Waals surface area (Å²) < 4.78 is 40.3. The highest BCUT2D eigenvalue weighted by atomic mass is 19.2. The number of hydrogen-bond acceptors (Lipinski definition) is 2. The number of hydrogen-bond donors (Lipinski definition) is 1. The largest absolute Gasteiger partial charge is 0.365 e. The first-order chi connectivity index (χ1) is 9.77. The first kappa shape index (κ1) is 16.1. The molecule has 0 spiro atoms. The van der Waals surface area contributed by atoms with Crippen LogP contribution in [0.2, 0.25) is 0 Å². The predicted octanol–water partition coefficient (Wildman–Crippen LogP) is 3.71. The van der Waals surface area contributed by atoms with Crippen molar-refractivity contribution in [2.24, 2.45) is 5.92 Å². The van der Waals surface area contributed by atoms with Crippen molar-refractivity contribution in [3.8, 4) is 0 Å². The fourth-order valence-electron chi connectivity index (χ4n) is 2.83. The fourth-order valence-corrected chi connectivity index (χ4v) is 2.83. The molecule has 2 atom stereocenters. The van der Waals surface area contributed by atoms with Crippen LogP contribution >= 0.6 is 0 Å². The minimum atomic E-state index is -1.41. The zero-order valence-corrected chi connectivity index (χ0v) is 13.0. The zero-order chi connectivity index (χ0) is 15.8. The molecule has 0 aliphatic carbocycles. The van der Waals surface area contributed by atoms with E-state index in [2.05, 4.69) is 33.0 Å². The average Bonchev–Trinajstić information content (AvgIpc) is 2.43. The van der Waals surface area contributed by atoms with E-state index in [1.165, 1.54) is 0 Å². The van der Waals surface area contributed by atoms with Crippen LogP contribution in [0.5, 0.6) is 0 Å². The molecule has 0 radical (unpaired) electrons. The maximum atomic E-state index is 13.5. The van der Waals surface area contributed by atoms with Crippen molar-refractivity contribution < 1.29 is 13.2 Å². The van der Waals surface area contributed by atoms with Gasteiger partial charge < -0.3 is 10.2 Å². The highest BCUT2D eigenvalue weighted by molar-refractivity contribution is 5.50. The Balaban J connectivity index is 2.40. The maximum absolute atomic E-state index is 13.5. The highest BCUT2D eigenvalue weighted by Crippen LogP contribution is 2.30. The summed E-state index contributed by atoms with van der Waals surface area (Å²) >= 11 is 0. The van der Waals surface area contributed by atoms with E-state index in [-0.39, 0.29) is 11.6 Å². The quantitative estimate of drug-likeness (QED) is 0.856. The molecule has 21 heavy (non-hydrogen) atoms. The Hall–Kier alpha value is -1.23. The Morgan fingerprint density at radius 2 is 1.86 bits per heavy atom. The third-order valence-corrected chi connectivity index (χ3v) is 4.51. The molecule has 1 aromatic rings. The molecule has 1 N–H and O–H groups in total. The molecule has 2 rings (SSSR count). The summed E-state index contributed by atoms with van der Waals surface area (Å²) in [5.74, 6) is -3.36. The zero-order valence-electron chi connectivity index (χ0n) is 13.0. The maximum Gasteiger partial charge on any atom is 0.194 e. The number of piperazine rings is 1. The Morgan fingerprint density at radius 1 is 1.29 bits per heavy atom. The minimum absolute atomic E-state index is 0.118. The molecule has 0 bridgehead atoms. The standard InChI is InChI=1S/C16H23F3N2/c1-5-16(4)9-21(14(8-20-16)10(2)3)11-6-12(17)15(19)13(18)7-11/h6-7,10,14,20H,5,8-9H2,1-4H3. The first-order valence-corrected chi connectivity index (χ1v) is 7.43. The van der Waals surface area contributed by atoms with Gasteiger partial charge >= 0.3 is 0 Å². The lowest BCUT2D eigenvalue weighted by Gasteiger charge is -2.48. The first-order valence-electron chi connectivity index (χ1n) is 7.43. The Morgan fingerprint density at radius 3 is 2.33 bits per heavy atom. The summed E-state index contributed by atoms with van der Waals surface area (Å²) in [6, 6.07) is 2.30. The molecular weight excluding hydrogens is 277 g/mol. The monoisotopic (exact) mass is 300 g/mol. The van der Waals surface area contributed by atoms with Gasteiger partial charge in [-0.05, 0) is 19.3 Å². The second-order valence-corrected chi connectivity index (χ2v) is 6.46. The second-order valence-electron chi connectivity index (χ2n) is 6.46. The van der Waals surface area contributed by atoms with E-state index in [9.17, 15) is 13.2 Å². The van der Waals surface area contributed by atoms with Crippen molar-refractivity contribution in [3.63, 3.8) is 0 Å². The van der Waals surface area contributed by atoms with Gasteiger partial charge in [0.05, 0.1) is 0 Å². The summed E-state index contributed by atoms with van der Waals surface area (Å²) in [5.41, 5.74) is 0.290. The van der Waals surface area contributed by atoms with Crippen LogP contribution in [-0.4, -0.2) is 24.7 Å². The van der Waals surface area contributed by atoms with E-state index in [0.717, 1.165) is 25.1 Å². The van der Waals surface area contributed by atoms with Gasteiger partial charge in [-0.15, -0.1) is 0 Å². The summed E-state index contributed by atoms with van der Waals surface area (Å²) in [7, 11) is 0. The molecular formula is C16H23F3N2. The van der Waals surface area contributed by atoms with Gasteiger partial charge in [-0.1, -0.05) is 20.8 Å². The molecule has 1 aliphatic rings. The smallest absolute Gasteiger partial charge is 0.194 e. The van der Waals surface area contributed by atoms with Crippen molar-refractivity contribution in [2.75, 3.05) is 18.0 Å². The van der Waals surface area contributed by atoms with Crippen LogP contribution in [0.1, 0.15) is 34.1 Å². The van der Waals surface area contributed by atoms with Gasteiger partial charge in [0.15, 0.2) is 17.5 Å². The second kappa shape index (κ2) is 5.87. The highest BCUT2D eigenvalue weighted by Gasteiger charge is 2.36. The molecule has 5 heteroatoms. The van der Waals surface area contributed by atoms with E-state index in [4.69, 9.17) is 0 Å². The molecule has 2 nitrogen and oxygen atoms in total. The van der Waals surface area contributed by atoms with Crippen molar-refractivity contribution in [1.29, 1.82) is 0 Å². The van der Waals surface area contributed by atoms with Gasteiger partial charge in [0.1, 0.15) is 0 Å². The van der Waals surface area contributed by atoms with Gasteiger partial charge in [0.2, 0.25) is 0 Å². The molecule has 1 saturated heterocycles. The van der Waals surface area contributed by atoms with Crippen molar-refractivity contribution >= 4 is 5.69 Å². The van der Waals surface area contributed by atoms with Crippen LogP contribution < -0.4 is 10.2 Å². The molecule has 0 aromatic heterocycles. The van der Waals surface area contributed by atoms with E-state index in [0.29, 0.717) is 18.2 Å². The lowest BCUT2D eigenvalue weighted by atomic mass is 9.89. The summed E-state index contributed by atoms with van der Waals surface area (Å²) in [4.78, 5) is 2.00. The molecule has 1 heterocycles. The lowest BCUT2D eigenvalue weighted by Crippen LogP contribution is -2.64. The van der Waals surface area contributed by atoms with Crippen LogP contribution in [0.4, 0.5) is 18.9 Å². The Labute approximate surface area is 124 Å². The van der Waals surface area contributed by atoms with E-state index >= 15 is 0 Å². The normalized spacial score (nSPS) is 26.5. The van der Waals surface area contributed by atoms with Crippen molar-refractivity contribution in [1.82, 2.24) is 5.32 Å². The third kappa shape index (κ3) is 3.18. The molecule has 1 fully saturated rings. The van der Waals surface area contributed by atoms with E-state index in [1.807, 2.05) is 4.90 Å². The van der Waals surface area contributed by atoms with Crippen LogP contribution in [-0.2, 0) is 0 Å². The van der Waals surface area contributed by atoms with Crippen LogP contribution in [0.25, 0.3) is 0 Å². The molecule has 118 valence electrons. The van der Waals surface area contributed by atoms with E-state index in [1.54, 1.807) is 0 Å². The van der Waals surface area contributed by atoms with Gasteiger partial charge in [0.25, 0.3) is 0 Å². The number of benzene rings is 1. The van der Waals surface area contributed by atoms with Gasteiger partial charge in [-0.2, -0.15) is 0 Å². The van der Waals surface area contributed by atoms with Gasteiger partial charge in [-0.25, -0.2) is 13.2 Å². The lowest BCUT2D eigenvalue weighted by molar-refractivity contribution is 0.252. The van der Waals surface area contributed by atoms with Crippen molar-refractivity contribution in [3.05, 3.63) is 29.6 Å². The van der Waals surface area contributed by atoms with Crippen LogP contribution in [0.15, 0.2) is 12.1 Å². The Kier molecular flexibility index (Phi) is 4.51. The number of nitrogens with one attached hydrogen (secondary N) is 1. The fraction of sp³-hybridized carbons (Fsp3) is 0.625. The molecule has 1 aliphatic heterocycles. The Bertz CT molecular complexity index is 495. The SMILES string of the molecule is CCC1(C)CN(c2cc(F)c(F)c(F)c2)C(C(C)C)CN1.